The predicted octanol–water partition coefficient (Wildman–Crippen LogP) is 3.41. The van der Waals surface area contributed by atoms with Crippen molar-refractivity contribution >= 4 is 11.9 Å². The number of phenolic OH excluding ortho intramolecular Hbond substituents is 1. The lowest BCUT2D eigenvalue weighted by molar-refractivity contribution is 0.101. The first kappa shape index (κ1) is 21.0. The average molecular weight is 397 g/mol. The van der Waals surface area contributed by atoms with Crippen molar-refractivity contribution in [2.75, 3.05) is 40.5 Å². The molecule has 1 aliphatic heterocycles. The fourth-order valence-electron chi connectivity index (χ4n) is 3.30. The molecule has 1 aliphatic rings. The lowest BCUT2D eigenvalue weighted by atomic mass is 10.0. The molecule has 0 aromatic heterocycles. The summed E-state index contributed by atoms with van der Waals surface area (Å²) in [5.74, 6) is 0.614. The second-order valence-corrected chi connectivity index (χ2v) is 7.06. The highest BCUT2D eigenvalue weighted by Crippen LogP contribution is 2.40. The molecule has 1 heterocycles. The Kier molecular flexibility index (Phi) is 7.04. The summed E-state index contributed by atoms with van der Waals surface area (Å²) in [5, 5.41) is 10.5. The maximum absolute atomic E-state index is 12.9. The van der Waals surface area contributed by atoms with Crippen molar-refractivity contribution in [3.8, 4) is 11.5 Å². The highest BCUT2D eigenvalue weighted by atomic mass is 16.5. The zero-order valence-corrected chi connectivity index (χ0v) is 17.1. The zero-order chi connectivity index (χ0) is 20.8. The van der Waals surface area contributed by atoms with Gasteiger partial charge in [-0.1, -0.05) is 29.8 Å². The Bertz CT molecular complexity index is 898. The lowest BCUT2D eigenvalue weighted by Crippen LogP contribution is -2.30. The standard InChI is InChI=1S/C23H27NO5/c1-16-5-4-6-17(13-16)14-21-22(26)18-7-8-20(25)19(23(18)29-21)15-24(9-11-27-2)10-12-28-3/h4-8,13-14,25H,9-12,15H2,1-3H3. The van der Waals surface area contributed by atoms with Crippen molar-refractivity contribution < 1.29 is 24.1 Å². The van der Waals surface area contributed by atoms with Gasteiger partial charge in [-0.25, -0.2) is 0 Å². The van der Waals surface area contributed by atoms with Crippen LogP contribution in [0.15, 0.2) is 42.2 Å². The Balaban J connectivity index is 1.89. The quantitative estimate of drug-likeness (QED) is 0.654. The van der Waals surface area contributed by atoms with Gasteiger partial charge in [0, 0.05) is 33.9 Å². The topological polar surface area (TPSA) is 68.2 Å². The van der Waals surface area contributed by atoms with Crippen molar-refractivity contribution in [3.05, 3.63) is 64.4 Å². The van der Waals surface area contributed by atoms with E-state index in [0.29, 0.717) is 49.7 Å². The van der Waals surface area contributed by atoms with Crippen LogP contribution < -0.4 is 4.74 Å². The van der Waals surface area contributed by atoms with Crippen LogP contribution in [-0.2, 0) is 16.0 Å². The van der Waals surface area contributed by atoms with E-state index >= 15 is 0 Å². The minimum Gasteiger partial charge on any atom is -0.507 e. The second-order valence-electron chi connectivity index (χ2n) is 7.06. The minimum atomic E-state index is -0.178. The summed E-state index contributed by atoms with van der Waals surface area (Å²) in [5.41, 5.74) is 3.06. The Morgan fingerprint density at radius 3 is 2.48 bits per heavy atom. The summed E-state index contributed by atoms with van der Waals surface area (Å²) in [7, 11) is 3.30. The average Bonchev–Trinajstić information content (AvgIpc) is 3.01. The van der Waals surface area contributed by atoms with Gasteiger partial charge in [0.1, 0.15) is 11.5 Å². The van der Waals surface area contributed by atoms with Crippen LogP contribution in [0.2, 0.25) is 0 Å². The number of aryl methyl sites for hydroxylation is 1. The minimum absolute atomic E-state index is 0.105. The van der Waals surface area contributed by atoms with Gasteiger partial charge in [-0.2, -0.15) is 0 Å². The summed E-state index contributed by atoms with van der Waals surface area (Å²) < 4.78 is 16.3. The van der Waals surface area contributed by atoms with E-state index in [9.17, 15) is 9.90 Å². The van der Waals surface area contributed by atoms with Crippen LogP contribution in [-0.4, -0.2) is 56.3 Å². The molecule has 29 heavy (non-hydrogen) atoms. The normalized spacial score (nSPS) is 14.5. The molecule has 2 aromatic carbocycles. The van der Waals surface area contributed by atoms with E-state index < -0.39 is 0 Å². The molecule has 6 nitrogen and oxygen atoms in total. The molecule has 0 unspecified atom stereocenters. The highest BCUT2D eigenvalue weighted by Gasteiger charge is 2.31. The third-order valence-corrected chi connectivity index (χ3v) is 4.86. The number of ether oxygens (including phenoxy) is 3. The maximum Gasteiger partial charge on any atom is 0.231 e. The highest BCUT2D eigenvalue weighted by molar-refractivity contribution is 6.15. The summed E-state index contributed by atoms with van der Waals surface area (Å²) in [6.07, 6.45) is 1.74. The number of hydrogen-bond acceptors (Lipinski definition) is 6. The van der Waals surface area contributed by atoms with E-state index in [4.69, 9.17) is 14.2 Å². The van der Waals surface area contributed by atoms with Crippen LogP contribution in [0.1, 0.15) is 27.0 Å². The molecule has 0 fully saturated rings. The number of rotatable bonds is 9. The molecule has 1 N–H and O–H groups in total. The second kappa shape index (κ2) is 9.69. The predicted molar refractivity (Wildman–Crippen MR) is 111 cm³/mol. The summed E-state index contributed by atoms with van der Waals surface area (Å²) in [6.45, 7) is 4.87. The van der Waals surface area contributed by atoms with Gasteiger partial charge in [0.15, 0.2) is 5.76 Å². The number of benzene rings is 2. The number of ketones is 1. The summed E-state index contributed by atoms with van der Waals surface area (Å²) in [6, 6.07) is 11.0. The van der Waals surface area contributed by atoms with Crippen molar-refractivity contribution in [2.45, 2.75) is 13.5 Å². The Labute approximate surface area is 171 Å². The molecule has 0 radical (unpaired) electrons. The molecule has 0 spiro atoms. The van der Waals surface area contributed by atoms with E-state index in [2.05, 4.69) is 4.90 Å². The van der Waals surface area contributed by atoms with Gasteiger partial charge in [-0.3, -0.25) is 9.69 Å². The Morgan fingerprint density at radius 2 is 1.83 bits per heavy atom. The number of Topliss-reactive ketones (excluding diaryl/α,β-unsaturated/α-hetero) is 1. The van der Waals surface area contributed by atoms with Gasteiger partial charge < -0.3 is 19.3 Å². The van der Waals surface area contributed by atoms with Crippen LogP contribution in [0.5, 0.6) is 11.5 Å². The molecule has 3 rings (SSSR count). The van der Waals surface area contributed by atoms with Gasteiger partial charge in [0.25, 0.3) is 0 Å². The van der Waals surface area contributed by atoms with Crippen LogP contribution in [0, 0.1) is 6.92 Å². The molecular formula is C23H27NO5. The van der Waals surface area contributed by atoms with Gasteiger partial charge in [-0.05, 0) is 30.7 Å². The molecule has 0 aliphatic carbocycles. The van der Waals surface area contributed by atoms with Gasteiger partial charge in [0.05, 0.1) is 24.3 Å². The Hall–Kier alpha value is -2.67. The first-order valence-corrected chi connectivity index (χ1v) is 9.59. The van der Waals surface area contributed by atoms with E-state index in [1.165, 1.54) is 0 Å². The smallest absolute Gasteiger partial charge is 0.231 e. The number of nitrogens with zero attached hydrogens (tertiary/aromatic N) is 1. The third-order valence-electron chi connectivity index (χ3n) is 4.86. The van der Waals surface area contributed by atoms with E-state index in [1.807, 2.05) is 31.2 Å². The fourth-order valence-corrected chi connectivity index (χ4v) is 3.30. The van der Waals surface area contributed by atoms with E-state index in [1.54, 1.807) is 32.4 Å². The summed E-state index contributed by atoms with van der Waals surface area (Å²) >= 11 is 0. The van der Waals surface area contributed by atoms with Crippen molar-refractivity contribution in [1.29, 1.82) is 0 Å². The maximum atomic E-state index is 12.9. The molecule has 0 atom stereocenters. The number of phenols is 1. The first-order chi connectivity index (χ1) is 14.0. The molecule has 0 bridgehead atoms. The monoisotopic (exact) mass is 397 g/mol. The van der Waals surface area contributed by atoms with Crippen LogP contribution in [0.3, 0.4) is 0 Å². The zero-order valence-electron chi connectivity index (χ0n) is 17.1. The van der Waals surface area contributed by atoms with Crippen molar-refractivity contribution in [3.63, 3.8) is 0 Å². The van der Waals surface area contributed by atoms with Crippen LogP contribution >= 0.6 is 0 Å². The van der Waals surface area contributed by atoms with Crippen LogP contribution in [0.4, 0.5) is 0 Å². The molecule has 6 heteroatoms. The van der Waals surface area contributed by atoms with E-state index in [-0.39, 0.29) is 17.3 Å². The van der Waals surface area contributed by atoms with Gasteiger partial charge in [0.2, 0.25) is 5.78 Å². The van der Waals surface area contributed by atoms with Crippen molar-refractivity contribution in [2.24, 2.45) is 0 Å². The van der Waals surface area contributed by atoms with Crippen LogP contribution in [0.25, 0.3) is 6.08 Å². The molecule has 0 saturated heterocycles. The number of hydrogen-bond donors (Lipinski definition) is 1. The van der Waals surface area contributed by atoms with E-state index in [0.717, 1.165) is 11.1 Å². The SMILES string of the molecule is COCCN(CCOC)Cc1c(O)ccc2c1OC(=Cc1cccc(C)c1)C2=O. The number of methoxy groups -OCH3 is 2. The largest absolute Gasteiger partial charge is 0.507 e. The van der Waals surface area contributed by atoms with Gasteiger partial charge in [-0.15, -0.1) is 0 Å². The molecule has 0 saturated carbocycles. The fraction of sp³-hybridized carbons (Fsp3) is 0.348. The number of carbonyl (C=O) groups is 1. The molecule has 154 valence electrons. The summed E-state index contributed by atoms with van der Waals surface area (Å²) in [4.78, 5) is 14.9. The van der Waals surface area contributed by atoms with Crippen molar-refractivity contribution in [1.82, 2.24) is 4.90 Å². The molecule has 0 amide bonds. The Morgan fingerprint density at radius 1 is 1.10 bits per heavy atom. The third kappa shape index (κ3) is 5.03. The number of aromatic hydroxyl groups is 1. The molecule has 2 aromatic rings. The number of carbonyl (C=O) groups excluding carboxylic acids is 1. The first-order valence-electron chi connectivity index (χ1n) is 9.59. The number of fused-ring (bicyclic) bond motifs is 1. The lowest BCUT2D eigenvalue weighted by Gasteiger charge is -2.23. The molecular weight excluding hydrogens is 370 g/mol. The number of allylic oxidation sites excluding steroid dienone is 1. The van der Waals surface area contributed by atoms with Gasteiger partial charge >= 0.3 is 0 Å².